The first kappa shape index (κ1) is 10.2. The van der Waals surface area contributed by atoms with Gasteiger partial charge in [-0.1, -0.05) is 24.8 Å². The molecule has 1 rings (SSSR count). The highest BCUT2D eigenvalue weighted by Crippen LogP contribution is 2.01. The summed E-state index contributed by atoms with van der Waals surface area (Å²) in [4.78, 5) is 21.4. The molecule has 0 atom stereocenters. The zero-order valence-electron chi connectivity index (χ0n) is 7.60. The topological polar surface area (TPSA) is 43.4 Å². The van der Waals surface area contributed by atoms with Crippen molar-refractivity contribution in [2.24, 2.45) is 0 Å². The number of benzene rings is 1. The number of carbonyl (C=O) groups is 2. The summed E-state index contributed by atoms with van der Waals surface area (Å²) in [6.45, 7) is 3.34. The van der Waals surface area contributed by atoms with Gasteiger partial charge >= 0.3 is 5.97 Å². The Morgan fingerprint density at radius 1 is 1.36 bits per heavy atom. The van der Waals surface area contributed by atoms with Crippen molar-refractivity contribution in [2.45, 2.75) is 0 Å². The van der Waals surface area contributed by atoms with Gasteiger partial charge in [-0.15, -0.1) is 0 Å². The van der Waals surface area contributed by atoms with Gasteiger partial charge in [0.15, 0.2) is 0 Å². The van der Waals surface area contributed by atoms with Crippen LogP contribution in [-0.2, 0) is 9.53 Å². The Balaban J connectivity index is 2.52. The monoisotopic (exact) mass is 190 g/mol. The van der Waals surface area contributed by atoms with Crippen molar-refractivity contribution in [3.8, 4) is 0 Å². The molecule has 0 aliphatic heterocycles. The molecule has 0 aliphatic carbocycles. The van der Waals surface area contributed by atoms with E-state index in [1.54, 1.807) is 30.3 Å². The van der Waals surface area contributed by atoms with Gasteiger partial charge in [0.05, 0.1) is 5.56 Å². The van der Waals surface area contributed by atoms with Gasteiger partial charge in [-0.2, -0.15) is 0 Å². The van der Waals surface area contributed by atoms with E-state index in [0.29, 0.717) is 11.8 Å². The van der Waals surface area contributed by atoms with Crippen molar-refractivity contribution in [3.05, 3.63) is 48.0 Å². The van der Waals surface area contributed by atoms with Crippen molar-refractivity contribution < 1.29 is 14.3 Å². The number of carbonyl (C=O) groups excluding carboxylic acids is 2. The maximum atomic E-state index is 11.3. The number of hydrogen-bond donors (Lipinski definition) is 0. The molecule has 0 spiro atoms. The first-order valence-electron chi connectivity index (χ1n) is 4.09. The van der Waals surface area contributed by atoms with E-state index in [9.17, 15) is 9.59 Å². The maximum Gasteiger partial charge on any atom is 0.338 e. The van der Waals surface area contributed by atoms with Crippen molar-refractivity contribution in [2.75, 3.05) is 6.61 Å². The van der Waals surface area contributed by atoms with E-state index in [1.807, 2.05) is 0 Å². The van der Waals surface area contributed by atoms with Crippen LogP contribution >= 0.6 is 0 Å². The molecule has 0 fully saturated rings. The predicted octanol–water partition coefficient (Wildman–Crippen LogP) is 1.60. The van der Waals surface area contributed by atoms with Crippen LogP contribution < -0.4 is 0 Å². The molecule has 0 heterocycles. The molecule has 1 aromatic carbocycles. The number of esters is 1. The zero-order chi connectivity index (χ0) is 10.4. The van der Waals surface area contributed by atoms with Gasteiger partial charge in [0.25, 0.3) is 0 Å². The third kappa shape index (κ3) is 2.86. The van der Waals surface area contributed by atoms with Crippen LogP contribution in [0.2, 0.25) is 0 Å². The van der Waals surface area contributed by atoms with Gasteiger partial charge in [0.2, 0.25) is 0 Å². The van der Waals surface area contributed by atoms with E-state index in [0.717, 1.165) is 0 Å². The maximum absolute atomic E-state index is 11.3. The van der Waals surface area contributed by atoms with Gasteiger partial charge in [0.1, 0.15) is 12.9 Å². The zero-order valence-corrected chi connectivity index (χ0v) is 7.60. The summed E-state index contributed by atoms with van der Waals surface area (Å²) in [5, 5.41) is 0. The minimum absolute atomic E-state index is 0.0583. The Kier molecular flexibility index (Phi) is 3.61. The number of hydrogen-bond acceptors (Lipinski definition) is 3. The Morgan fingerprint density at radius 3 is 2.57 bits per heavy atom. The quantitative estimate of drug-likeness (QED) is 0.411. The Bertz CT molecular complexity index is 341. The SMILES string of the molecule is C=C(C=O)COC(=O)c1ccccc1. The molecule has 1 aromatic rings. The lowest BCUT2D eigenvalue weighted by Gasteiger charge is -2.02. The standard InChI is InChI=1S/C11H10O3/c1-9(7-12)8-14-11(13)10-5-3-2-4-6-10/h2-7H,1,8H2. The van der Waals surface area contributed by atoms with Crippen LogP contribution in [0.3, 0.4) is 0 Å². The summed E-state index contributed by atoms with van der Waals surface area (Å²) in [7, 11) is 0. The van der Waals surface area contributed by atoms with Gasteiger partial charge in [-0.25, -0.2) is 4.79 Å². The van der Waals surface area contributed by atoms with Crippen LogP contribution in [0.15, 0.2) is 42.5 Å². The summed E-state index contributed by atoms with van der Waals surface area (Å²) in [6, 6.07) is 8.58. The minimum atomic E-state index is -0.450. The van der Waals surface area contributed by atoms with E-state index in [-0.39, 0.29) is 12.2 Å². The van der Waals surface area contributed by atoms with E-state index >= 15 is 0 Å². The lowest BCUT2D eigenvalue weighted by molar-refractivity contribution is -0.105. The van der Waals surface area contributed by atoms with Crippen LogP contribution in [0.4, 0.5) is 0 Å². The average molecular weight is 190 g/mol. The van der Waals surface area contributed by atoms with Crippen molar-refractivity contribution in [3.63, 3.8) is 0 Å². The van der Waals surface area contributed by atoms with E-state index in [4.69, 9.17) is 4.74 Å². The van der Waals surface area contributed by atoms with Gasteiger partial charge < -0.3 is 4.74 Å². The molecular formula is C11H10O3. The van der Waals surface area contributed by atoms with Crippen LogP contribution in [0.25, 0.3) is 0 Å². The van der Waals surface area contributed by atoms with E-state index in [2.05, 4.69) is 6.58 Å². The fourth-order valence-corrected chi connectivity index (χ4v) is 0.850. The number of aldehydes is 1. The first-order valence-corrected chi connectivity index (χ1v) is 4.09. The van der Waals surface area contributed by atoms with E-state index in [1.165, 1.54) is 0 Å². The molecule has 0 radical (unpaired) electrons. The fourth-order valence-electron chi connectivity index (χ4n) is 0.850. The largest absolute Gasteiger partial charge is 0.457 e. The van der Waals surface area contributed by atoms with Crippen LogP contribution in [0, 0.1) is 0 Å². The second kappa shape index (κ2) is 4.97. The molecule has 14 heavy (non-hydrogen) atoms. The average Bonchev–Trinajstić information content (AvgIpc) is 2.26. The summed E-state index contributed by atoms with van der Waals surface area (Å²) in [5.74, 6) is -0.450. The fraction of sp³-hybridized carbons (Fsp3) is 0.0909. The molecule has 0 saturated carbocycles. The predicted molar refractivity (Wildman–Crippen MR) is 51.9 cm³/mol. The second-order valence-corrected chi connectivity index (χ2v) is 2.72. The molecule has 72 valence electrons. The molecule has 3 heteroatoms. The number of rotatable bonds is 4. The smallest absolute Gasteiger partial charge is 0.338 e. The molecule has 0 bridgehead atoms. The minimum Gasteiger partial charge on any atom is -0.457 e. The highest BCUT2D eigenvalue weighted by Gasteiger charge is 2.05. The van der Waals surface area contributed by atoms with Crippen LogP contribution in [0.5, 0.6) is 0 Å². The third-order valence-electron chi connectivity index (χ3n) is 1.56. The Morgan fingerprint density at radius 2 is 2.00 bits per heavy atom. The third-order valence-corrected chi connectivity index (χ3v) is 1.56. The lowest BCUT2D eigenvalue weighted by Crippen LogP contribution is -2.07. The molecule has 0 unspecified atom stereocenters. The molecule has 0 amide bonds. The lowest BCUT2D eigenvalue weighted by atomic mass is 10.2. The van der Waals surface area contributed by atoms with Crippen molar-refractivity contribution >= 4 is 12.3 Å². The molecule has 0 aliphatic rings. The summed E-state index contributed by atoms with van der Waals surface area (Å²) >= 11 is 0. The molecular weight excluding hydrogens is 180 g/mol. The van der Waals surface area contributed by atoms with Crippen LogP contribution in [-0.4, -0.2) is 18.9 Å². The van der Waals surface area contributed by atoms with Gasteiger partial charge in [0, 0.05) is 5.57 Å². The second-order valence-electron chi connectivity index (χ2n) is 2.72. The summed E-state index contributed by atoms with van der Waals surface area (Å²) in [5.41, 5.74) is 0.709. The van der Waals surface area contributed by atoms with Gasteiger partial charge in [-0.3, -0.25) is 4.79 Å². The molecule has 0 aromatic heterocycles. The highest BCUT2D eigenvalue weighted by molar-refractivity contribution is 5.89. The summed E-state index contributed by atoms with van der Waals surface area (Å²) < 4.78 is 4.81. The molecule has 3 nitrogen and oxygen atoms in total. The normalized spacial score (nSPS) is 9.14. The van der Waals surface area contributed by atoms with E-state index < -0.39 is 5.97 Å². The Hall–Kier alpha value is -1.90. The van der Waals surface area contributed by atoms with Gasteiger partial charge in [-0.05, 0) is 12.1 Å². The molecule has 0 N–H and O–H groups in total. The summed E-state index contributed by atoms with van der Waals surface area (Å²) in [6.07, 6.45) is 0.568. The Labute approximate surface area is 82.0 Å². The van der Waals surface area contributed by atoms with Crippen molar-refractivity contribution in [1.29, 1.82) is 0 Å². The number of ether oxygens (including phenoxy) is 1. The highest BCUT2D eigenvalue weighted by atomic mass is 16.5. The van der Waals surface area contributed by atoms with Crippen molar-refractivity contribution in [1.82, 2.24) is 0 Å². The van der Waals surface area contributed by atoms with Crippen LogP contribution in [0.1, 0.15) is 10.4 Å². The first-order chi connectivity index (χ1) is 6.74. The molecule has 0 saturated heterocycles.